The maximum atomic E-state index is 6.07. The molecule has 0 amide bonds. The van der Waals surface area contributed by atoms with E-state index in [4.69, 9.17) is 27.9 Å². The average molecular weight is 290 g/mol. The van der Waals surface area contributed by atoms with E-state index in [2.05, 4.69) is 19.2 Å². The fourth-order valence-electron chi connectivity index (χ4n) is 1.92. The molecule has 2 nitrogen and oxygen atoms in total. The molecule has 1 N–H and O–H groups in total. The van der Waals surface area contributed by atoms with Crippen LogP contribution in [0, 0.1) is 0 Å². The molecule has 2 unspecified atom stereocenters. The van der Waals surface area contributed by atoms with Crippen LogP contribution >= 0.6 is 23.2 Å². The molecule has 0 heterocycles. The standard InChI is InChI=1S/C14H21Cl2NO/c1-4-8-17-14(10(3)18-5-2)11-6-7-12(15)13(16)9-11/h6-7,9-10,14,17H,4-5,8H2,1-3H3. The molecule has 2 atom stereocenters. The highest BCUT2D eigenvalue weighted by atomic mass is 35.5. The van der Waals surface area contributed by atoms with Crippen molar-refractivity contribution in [1.82, 2.24) is 5.32 Å². The van der Waals surface area contributed by atoms with Gasteiger partial charge in [0.25, 0.3) is 0 Å². The Hall–Kier alpha value is -0.280. The monoisotopic (exact) mass is 289 g/mol. The van der Waals surface area contributed by atoms with Crippen molar-refractivity contribution in [2.24, 2.45) is 0 Å². The van der Waals surface area contributed by atoms with Crippen LogP contribution in [0.2, 0.25) is 10.0 Å². The Morgan fingerprint density at radius 2 is 1.94 bits per heavy atom. The summed E-state index contributed by atoms with van der Waals surface area (Å²) in [5, 5.41) is 4.66. The van der Waals surface area contributed by atoms with Gasteiger partial charge in [-0.05, 0) is 44.5 Å². The van der Waals surface area contributed by atoms with Crippen molar-refractivity contribution >= 4 is 23.2 Å². The van der Waals surface area contributed by atoms with Gasteiger partial charge in [0.05, 0.1) is 22.2 Å². The molecule has 0 bridgehead atoms. The molecule has 0 saturated heterocycles. The molecule has 1 rings (SSSR count). The SMILES string of the molecule is CCCNC(c1ccc(Cl)c(Cl)c1)C(C)OCC. The van der Waals surface area contributed by atoms with E-state index in [9.17, 15) is 0 Å². The highest BCUT2D eigenvalue weighted by Crippen LogP contribution is 2.27. The molecular formula is C14H21Cl2NO. The van der Waals surface area contributed by atoms with Crippen molar-refractivity contribution in [2.45, 2.75) is 39.3 Å². The Labute approximate surface area is 120 Å². The fourth-order valence-corrected chi connectivity index (χ4v) is 2.23. The Morgan fingerprint density at radius 3 is 2.50 bits per heavy atom. The first-order valence-corrected chi connectivity index (χ1v) is 7.15. The zero-order valence-corrected chi connectivity index (χ0v) is 12.7. The first kappa shape index (κ1) is 15.8. The lowest BCUT2D eigenvalue weighted by Crippen LogP contribution is -2.32. The van der Waals surface area contributed by atoms with Crippen LogP contribution in [-0.2, 0) is 4.74 Å². The summed E-state index contributed by atoms with van der Waals surface area (Å²) in [6.45, 7) is 7.86. The van der Waals surface area contributed by atoms with Crippen LogP contribution in [0.1, 0.15) is 38.8 Å². The van der Waals surface area contributed by atoms with Gasteiger partial charge in [-0.25, -0.2) is 0 Å². The van der Waals surface area contributed by atoms with E-state index in [0.717, 1.165) is 18.5 Å². The number of hydrogen-bond donors (Lipinski definition) is 1. The Bertz CT molecular complexity index is 371. The quantitative estimate of drug-likeness (QED) is 0.800. The van der Waals surface area contributed by atoms with Gasteiger partial charge in [0.1, 0.15) is 0 Å². The molecule has 0 saturated carbocycles. The zero-order valence-electron chi connectivity index (χ0n) is 11.2. The number of hydrogen-bond acceptors (Lipinski definition) is 2. The predicted molar refractivity (Wildman–Crippen MR) is 78.6 cm³/mol. The first-order valence-electron chi connectivity index (χ1n) is 6.40. The molecule has 0 fully saturated rings. The molecule has 0 spiro atoms. The number of ether oxygens (including phenoxy) is 1. The van der Waals surface area contributed by atoms with Crippen LogP contribution in [0.5, 0.6) is 0 Å². The van der Waals surface area contributed by atoms with Gasteiger partial charge in [-0.3, -0.25) is 0 Å². The highest BCUT2D eigenvalue weighted by Gasteiger charge is 2.19. The third-order valence-corrected chi connectivity index (χ3v) is 3.56. The van der Waals surface area contributed by atoms with Crippen LogP contribution in [-0.4, -0.2) is 19.3 Å². The van der Waals surface area contributed by atoms with Crippen molar-refractivity contribution in [3.05, 3.63) is 33.8 Å². The molecule has 1 aromatic rings. The van der Waals surface area contributed by atoms with Crippen molar-refractivity contribution in [3.8, 4) is 0 Å². The van der Waals surface area contributed by atoms with Gasteiger partial charge in [0.2, 0.25) is 0 Å². The predicted octanol–water partition coefficient (Wildman–Crippen LogP) is 4.46. The van der Waals surface area contributed by atoms with E-state index in [1.54, 1.807) is 0 Å². The van der Waals surface area contributed by atoms with Gasteiger partial charge in [-0.2, -0.15) is 0 Å². The summed E-state index contributed by atoms with van der Waals surface area (Å²) >= 11 is 12.0. The van der Waals surface area contributed by atoms with Crippen LogP contribution in [0.25, 0.3) is 0 Å². The molecule has 4 heteroatoms. The molecule has 102 valence electrons. The lowest BCUT2D eigenvalue weighted by molar-refractivity contribution is 0.0472. The van der Waals surface area contributed by atoms with Crippen molar-refractivity contribution in [3.63, 3.8) is 0 Å². The van der Waals surface area contributed by atoms with E-state index in [1.165, 1.54) is 0 Å². The van der Waals surface area contributed by atoms with E-state index in [-0.39, 0.29) is 12.1 Å². The lowest BCUT2D eigenvalue weighted by atomic mass is 10.0. The van der Waals surface area contributed by atoms with E-state index in [0.29, 0.717) is 16.7 Å². The topological polar surface area (TPSA) is 21.3 Å². The van der Waals surface area contributed by atoms with Crippen molar-refractivity contribution < 1.29 is 4.74 Å². The van der Waals surface area contributed by atoms with Gasteiger partial charge >= 0.3 is 0 Å². The van der Waals surface area contributed by atoms with Crippen LogP contribution < -0.4 is 5.32 Å². The summed E-state index contributed by atoms with van der Waals surface area (Å²) in [5.41, 5.74) is 1.11. The van der Waals surface area contributed by atoms with Crippen molar-refractivity contribution in [2.75, 3.05) is 13.2 Å². The molecule has 1 aromatic carbocycles. The number of benzene rings is 1. The fraction of sp³-hybridized carbons (Fsp3) is 0.571. The van der Waals surface area contributed by atoms with E-state index in [1.807, 2.05) is 25.1 Å². The smallest absolute Gasteiger partial charge is 0.0741 e. The second-order valence-corrected chi connectivity index (χ2v) is 5.08. The maximum absolute atomic E-state index is 6.07. The number of nitrogens with one attached hydrogen (secondary N) is 1. The summed E-state index contributed by atoms with van der Waals surface area (Å²) in [5.74, 6) is 0. The van der Waals surface area contributed by atoms with Gasteiger partial charge in [0.15, 0.2) is 0 Å². The highest BCUT2D eigenvalue weighted by molar-refractivity contribution is 6.42. The zero-order chi connectivity index (χ0) is 13.5. The molecule has 0 aliphatic carbocycles. The third-order valence-electron chi connectivity index (χ3n) is 2.82. The van der Waals surface area contributed by atoms with Crippen LogP contribution in [0.3, 0.4) is 0 Å². The second-order valence-electron chi connectivity index (χ2n) is 4.27. The summed E-state index contributed by atoms with van der Waals surface area (Å²) in [6.07, 6.45) is 1.18. The Balaban J connectivity index is 2.89. The maximum Gasteiger partial charge on any atom is 0.0741 e. The van der Waals surface area contributed by atoms with Gasteiger partial charge < -0.3 is 10.1 Å². The van der Waals surface area contributed by atoms with Crippen molar-refractivity contribution in [1.29, 1.82) is 0 Å². The normalized spacial score (nSPS) is 14.5. The Kier molecular flexibility index (Phi) is 7.02. The van der Waals surface area contributed by atoms with Crippen LogP contribution in [0.15, 0.2) is 18.2 Å². The van der Waals surface area contributed by atoms with E-state index >= 15 is 0 Å². The molecular weight excluding hydrogens is 269 g/mol. The summed E-state index contributed by atoms with van der Waals surface area (Å²) in [6, 6.07) is 5.88. The first-order chi connectivity index (χ1) is 8.60. The molecule has 18 heavy (non-hydrogen) atoms. The lowest BCUT2D eigenvalue weighted by Gasteiger charge is -2.25. The summed E-state index contributed by atoms with van der Waals surface area (Å²) < 4.78 is 5.69. The van der Waals surface area contributed by atoms with Crippen LogP contribution in [0.4, 0.5) is 0 Å². The minimum absolute atomic E-state index is 0.0961. The second kappa shape index (κ2) is 8.00. The third kappa shape index (κ3) is 4.43. The van der Waals surface area contributed by atoms with Gasteiger partial charge in [-0.15, -0.1) is 0 Å². The minimum Gasteiger partial charge on any atom is -0.377 e. The summed E-state index contributed by atoms with van der Waals surface area (Å²) in [7, 11) is 0. The molecule has 0 aliphatic heterocycles. The van der Waals surface area contributed by atoms with Gasteiger partial charge in [0, 0.05) is 6.61 Å². The number of halogens is 2. The average Bonchev–Trinajstić information content (AvgIpc) is 2.34. The largest absolute Gasteiger partial charge is 0.377 e. The minimum atomic E-state index is 0.0961. The summed E-state index contributed by atoms with van der Waals surface area (Å²) in [4.78, 5) is 0. The van der Waals surface area contributed by atoms with E-state index < -0.39 is 0 Å². The Morgan fingerprint density at radius 1 is 1.22 bits per heavy atom. The number of rotatable bonds is 7. The molecule has 0 aliphatic rings. The molecule has 0 aromatic heterocycles. The molecule has 0 radical (unpaired) electrons. The van der Waals surface area contributed by atoms with Gasteiger partial charge in [-0.1, -0.05) is 36.2 Å².